The number of nitrogens with one attached hydrogen (secondary N) is 1. The van der Waals surface area contributed by atoms with Gasteiger partial charge in [-0.05, 0) is 36.8 Å². The molecule has 0 fully saturated rings. The lowest BCUT2D eigenvalue weighted by molar-refractivity contribution is 0.327. The zero-order valence-electron chi connectivity index (χ0n) is 12.4. The minimum Gasteiger partial charge on any atom is -0.330 e. The molecule has 0 aliphatic rings. The first kappa shape index (κ1) is 17.1. The first-order valence-electron chi connectivity index (χ1n) is 7.06. The monoisotopic (exact) mass is 298 g/mol. The van der Waals surface area contributed by atoms with Crippen molar-refractivity contribution in [2.24, 2.45) is 11.1 Å². The van der Waals surface area contributed by atoms with E-state index in [0.717, 1.165) is 18.4 Å². The lowest BCUT2D eigenvalue weighted by Crippen LogP contribution is -2.36. The molecule has 0 aliphatic heterocycles. The van der Waals surface area contributed by atoms with Crippen LogP contribution in [-0.4, -0.2) is 27.3 Å². The van der Waals surface area contributed by atoms with Crippen LogP contribution in [0, 0.1) is 5.41 Å². The summed E-state index contributed by atoms with van der Waals surface area (Å²) in [7, 11) is -3.22. The molecule has 0 radical (unpaired) electrons. The maximum absolute atomic E-state index is 12.0. The molecule has 1 rings (SSSR count). The van der Waals surface area contributed by atoms with Gasteiger partial charge in [-0.2, -0.15) is 0 Å². The van der Waals surface area contributed by atoms with E-state index in [4.69, 9.17) is 5.73 Å². The molecule has 0 unspecified atom stereocenters. The van der Waals surface area contributed by atoms with E-state index in [1.54, 1.807) is 0 Å². The number of hydrogen-bond donors (Lipinski definition) is 2. The highest BCUT2D eigenvalue weighted by Crippen LogP contribution is 2.20. The van der Waals surface area contributed by atoms with Crippen LogP contribution < -0.4 is 10.5 Å². The molecule has 0 bridgehead atoms. The van der Waals surface area contributed by atoms with Crippen molar-refractivity contribution in [2.75, 3.05) is 18.8 Å². The van der Waals surface area contributed by atoms with Crippen LogP contribution in [0.25, 0.3) is 0 Å². The van der Waals surface area contributed by atoms with Crippen LogP contribution in [0.4, 0.5) is 0 Å². The third-order valence-electron chi connectivity index (χ3n) is 3.33. The van der Waals surface area contributed by atoms with E-state index >= 15 is 0 Å². The molecule has 0 aliphatic carbocycles. The van der Waals surface area contributed by atoms with Crippen molar-refractivity contribution in [1.29, 1.82) is 0 Å². The molecule has 0 spiro atoms. The van der Waals surface area contributed by atoms with Crippen molar-refractivity contribution in [3.63, 3.8) is 0 Å². The minimum absolute atomic E-state index is 0.0564. The summed E-state index contributed by atoms with van der Waals surface area (Å²) in [6.45, 7) is 5.22. The van der Waals surface area contributed by atoms with Crippen LogP contribution in [0.15, 0.2) is 30.3 Å². The Hall–Kier alpha value is -0.910. The molecule has 0 saturated heterocycles. The van der Waals surface area contributed by atoms with Crippen molar-refractivity contribution < 1.29 is 8.42 Å². The van der Waals surface area contributed by atoms with Crippen LogP contribution in [0.1, 0.15) is 32.3 Å². The summed E-state index contributed by atoms with van der Waals surface area (Å²) >= 11 is 0. The van der Waals surface area contributed by atoms with Crippen molar-refractivity contribution in [3.05, 3.63) is 35.9 Å². The van der Waals surface area contributed by atoms with E-state index in [2.05, 4.69) is 18.6 Å². The van der Waals surface area contributed by atoms with Crippen LogP contribution in [0.3, 0.4) is 0 Å². The molecular formula is C15H26N2O2S. The van der Waals surface area contributed by atoms with E-state index in [0.29, 0.717) is 19.5 Å². The van der Waals surface area contributed by atoms with Crippen LogP contribution in [0.2, 0.25) is 0 Å². The lowest BCUT2D eigenvalue weighted by atomic mass is 9.88. The van der Waals surface area contributed by atoms with E-state index in [1.165, 1.54) is 0 Å². The van der Waals surface area contributed by atoms with Gasteiger partial charge in [0, 0.05) is 6.54 Å². The summed E-state index contributed by atoms with van der Waals surface area (Å²) in [6.07, 6.45) is 2.38. The van der Waals surface area contributed by atoms with Gasteiger partial charge in [0.15, 0.2) is 0 Å². The van der Waals surface area contributed by atoms with Crippen molar-refractivity contribution in [3.8, 4) is 0 Å². The molecule has 1 aromatic rings. The molecule has 3 N–H and O–H groups in total. The van der Waals surface area contributed by atoms with Gasteiger partial charge in [0.05, 0.1) is 5.75 Å². The summed E-state index contributed by atoms with van der Waals surface area (Å²) in [4.78, 5) is 0. The zero-order valence-corrected chi connectivity index (χ0v) is 13.2. The lowest BCUT2D eigenvalue weighted by Gasteiger charge is -2.24. The fourth-order valence-corrected chi connectivity index (χ4v) is 3.20. The zero-order chi connectivity index (χ0) is 15.1. The van der Waals surface area contributed by atoms with E-state index in [-0.39, 0.29) is 11.2 Å². The number of sulfonamides is 1. The molecule has 114 valence electrons. The second kappa shape index (κ2) is 7.76. The SMILES string of the molecule is CC(C)(CCCN)CNS(=O)(=O)CCc1ccccc1. The Morgan fingerprint density at radius 2 is 1.85 bits per heavy atom. The highest BCUT2D eigenvalue weighted by Gasteiger charge is 2.20. The molecule has 0 amide bonds. The third kappa shape index (κ3) is 7.03. The number of aryl methyl sites for hydroxylation is 1. The smallest absolute Gasteiger partial charge is 0.211 e. The first-order valence-corrected chi connectivity index (χ1v) is 8.71. The summed E-state index contributed by atoms with van der Waals surface area (Å²) < 4.78 is 26.7. The molecule has 1 aromatic carbocycles. The Bertz CT molecular complexity index is 484. The first-order chi connectivity index (χ1) is 9.35. The summed E-state index contributed by atoms with van der Waals surface area (Å²) in [5.74, 6) is 0.129. The average Bonchev–Trinajstić information content (AvgIpc) is 2.43. The average molecular weight is 298 g/mol. The predicted octanol–water partition coefficient (Wildman–Crippen LogP) is 1.91. The molecule has 0 aromatic heterocycles. The number of hydrogen-bond acceptors (Lipinski definition) is 3. The van der Waals surface area contributed by atoms with Crippen LogP contribution >= 0.6 is 0 Å². The number of benzene rings is 1. The van der Waals surface area contributed by atoms with Crippen LogP contribution in [-0.2, 0) is 16.4 Å². The second-order valence-electron chi connectivity index (χ2n) is 5.93. The molecule has 0 heterocycles. The third-order valence-corrected chi connectivity index (χ3v) is 4.66. The van der Waals surface area contributed by atoms with Gasteiger partial charge in [0.1, 0.15) is 0 Å². The Labute approximate surface area is 122 Å². The highest BCUT2D eigenvalue weighted by molar-refractivity contribution is 7.89. The van der Waals surface area contributed by atoms with Gasteiger partial charge < -0.3 is 5.73 Å². The van der Waals surface area contributed by atoms with Gasteiger partial charge >= 0.3 is 0 Å². The molecular weight excluding hydrogens is 272 g/mol. The largest absolute Gasteiger partial charge is 0.330 e. The van der Waals surface area contributed by atoms with Gasteiger partial charge in [-0.3, -0.25) is 0 Å². The van der Waals surface area contributed by atoms with E-state index < -0.39 is 10.0 Å². The maximum atomic E-state index is 12.0. The summed E-state index contributed by atoms with van der Waals surface area (Å²) in [5, 5.41) is 0. The Balaban J connectivity index is 2.42. The van der Waals surface area contributed by atoms with Gasteiger partial charge in [0.25, 0.3) is 0 Å². The van der Waals surface area contributed by atoms with E-state index in [9.17, 15) is 8.42 Å². The Morgan fingerprint density at radius 3 is 2.45 bits per heavy atom. The number of rotatable bonds is 9. The standard InChI is InChI=1S/C15H26N2O2S/c1-15(2,10-6-11-16)13-17-20(18,19)12-9-14-7-4-3-5-8-14/h3-5,7-8,17H,6,9-13,16H2,1-2H3. The molecule has 20 heavy (non-hydrogen) atoms. The second-order valence-corrected chi connectivity index (χ2v) is 7.86. The van der Waals surface area contributed by atoms with Crippen molar-refractivity contribution in [1.82, 2.24) is 4.72 Å². The van der Waals surface area contributed by atoms with Gasteiger partial charge in [-0.25, -0.2) is 13.1 Å². The normalized spacial score (nSPS) is 12.6. The fourth-order valence-electron chi connectivity index (χ4n) is 1.94. The Kier molecular flexibility index (Phi) is 6.65. The fraction of sp³-hybridized carbons (Fsp3) is 0.600. The van der Waals surface area contributed by atoms with Gasteiger partial charge in [-0.15, -0.1) is 0 Å². The molecule has 5 heteroatoms. The Morgan fingerprint density at radius 1 is 1.20 bits per heavy atom. The van der Waals surface area contributed by atoms with Gasteiger partial charge in [-0.1, -0.05) is 44.2 Å². The maximum Gasteiger partial charge on any atom is 0.211 e. The van der Waals surface area contributed by atoms with Crippen molar-refractivity contribution in [2.45, 2.75) is 33.1 Å². The predicted molar refractivity (Wildman–Crippen MR) is 84.0 cm³/mol. The molecule has 0 atom stereocenters. The topological polar surface area (TPSA) is 72.2 Å². The quantitative estimate of drug-likeness (QED) is 0.731. The van der Waals surface area contributed by atoms with Crippen LogP contribution in [0.5, 0.6) is 0 Å². The van der Waals surface area contributed by atoms with E-state index in [1.807, 2.05) is 30.3 Å². The van der Waals surface area contributed by atoms with Gasteiger partial charge in [0.2, 0.25) is 10.0 Å². The number of nitrogens with two attached hydrogens (primary N) is 1. The molecule has 4 nitrogen and oxygen atoms in total. The molecule has 0 saturated carbocycles. The van der Waals surface area contributed by atoms with Crippen molar-refractivity contribution >= 4 is 10.0 Å². The summed E-state index contributed by atoms with van der Waals surface area (Å²) in [6, 6.07) is 9.66. The summed E-state index contributed by atoms with van der Waals surface area (Å²) in [5.41, 5.74) is 6.48. The minimum atomic E-state index is -3.22. The highest BCUT2D eigenvalue weighted by atomic mass is 32.2.